The van der Waals surface area contributed by atoms with E-state index in [1.165, 1.54) is 11.8 Å². The zero-order valence-electron chi connectivity index (χ0n) is 18.9. The molecule has 178 valence electrons. The topological polar surface area (TPSA) is 135 Å². The fourth-order valence-electron chi connectivity index (χ4n) is 4.02. The summed E-state index contributed by atoms with van der Waals surface area (Å²) in [6.45, 7) is 7.37. The first-order valence-corrected chi connectivity index (χ1v) is 13.0. The molecule has 2 atom stereocenters. The third-order valence-electron chi connectivity index (χ3n) is 5.33. The number of ether oxygens (including phenoxy) is 1. The molecule has 2 aromatic heterocycles. The highest BCUT2D eigenvalue weighted by Gasteiger charge is 2.43. The standard InChI is InChI=1S/C20H28N8O3S2/c1-4-21-17-24-18(22-5-2)28-19(25-17)26-27-20(28)32-10-13(29)23-15-14(16(30)31-6-3)11-8-7-9-12(11)33-15/h11-12H,4-10H2,1-3H3,(H,23,29)(H2,21,22,24,25,26). The Morgan fingerprint density at radius 2 is 1.97 bits per heavy atom. The Morgan fingerprint density at radius 3 is 2.73 bits per heavy atom. The molecule has 1 aliphatic heterocycles. The second-order valence-corrected chi connectivity index (χ2v) is 9.74. The maximum atomic E-state index is 12.8. The quantitative estimate of drug-likeness (QED) is 0.333. The van der Waals surface area contributed by atoms with Gasteiger partial charge in [0.2, 0.25) is 17.8 Å². The van der Waals surface area contributed by atoms with Crippen LogP contribution in [0.5, 0.6) is 0 Å². The van der Waals surface area contributed by atoms with Gasteiger partial charge in [0.25, 0.3) is 5.78 Å². The normalized spacial score (nSPS) is 19.6. The van der Waals surface area contributed by atoms with Crippen molar-refractivity contribution in [2.24, 2.45) is 5.92 Å². The lowest BCUT2D eigenvalue weighted by atomic mass is 9.98. The summed E-state index contributed by atoms with van der Waals surface area (Å²) >= 11 is 2.82. The second kappa shape index (κ2) is 10.6. The predicted octanol–water partition coefficient (Wildman–Crippen LogP) is 2.28. The van der Waals surface area contributed by atoms with Crippen molar-refractivity contribution in [1.82, 2.24) is 29.9 Å². The van der Waals surface area contributed by atoms with E-state index < -0.39 is 0 Å². The van der Waals surface area contributed by atoms with E-state index in [-0.39, 0.29) is 23.5 Å². The predicted molar refractivity (Wildman–Crippen MR) is 128 cm³/mol. The van der Waals surface area contributed by atoms with Crippen molar-refractivity contribution in [2.75, 3.05) is 36.1 Å². The molecule has 13 heteroatoms. The van der Waals surface area contributed by atoms with Gasteiger partial charge in [0, 0.05) is 24.3 Å². The lowest BCUT2D eigenvalue weighted by Crippen LogP contribution is -2.26. The number of thioether (sulfide) groups is 2. The lowest BCUT2D eigenvalue weighted by molar-refractivity contribution is -0.139. The second-order valence-electron chi connectivity index (χ2n) is 7.54. The SMILES string of the molecule is CCNc1nc(NCC)n2c(SCC(=O)NC3=C(C(=O)OCC)C4CCCC4S3)nnc2n1. The Morgan fingerprint density at radius 1 is 1.15 bits per heavy atom. The Hall–Kier alpha value is -2.54. The van der Waals surface area contributed by atoms with Crippen LogP contribution in [0.3, 0.4) is 0 Å². The van der Waals surface area contributed by atoms with Gasteiger partial charge in [-0.2, -0.15) is 9.97 Å². The van der Waals surface area contributed by atoms with Crippen molar-refractivity contribution in [3.8, 4) is 0 Å². The van der Waals surface area contributed by atoms with E-state index in [0.717, 1.165) is 19.3 Å². The number of hydrogen-bond donors (Lipinski definition) is 3. The molecule has 1 saturated carbocycles. The minimum atomic E-state index is -0.324. The maximum Gasteiger partial charge on any atom is 0.336 e. The molecule has 0 bridgehead atoms. The summed E-state index contributed by atoms with van der Waals surface area (Å²) in [6.07, 6.45) is 3.09. The monoisotopic (exact) mass is 492 g/mol. The first-order valence-electron chi connectivity index (χ1n) is 11.2. The van der Waals surface area contributed by atoms with E-state index in [0.29, 0.717) is 58.4 Å². The number of fused-ring (bicyclic) bond motifs is 2. The molecule has 1 fully saturated rings. The van der Waals surface area contributed by atoms with Crippen LogP contribution < -0.4 is 16.0 Å². The molecule has 33 heavy (non-hydrogen) atoms. The van der Waals surface area contributed by atoms with Crippen LogP contribution >= 0.6 is 23.5 Å². The van der Waals surface area contributed by atoms with E-state index in [4.69, 9.17) is 4.74 Å². The first-order chi connectivity index (χ1) is 16.0. The van der Waals surface area contributed by atoms with Crippen LogP contribution in [0.1, 0.15) is 40.0 Å². The number of carbonyl (C=O) groups excluding carboxylic acids is 2. The summed E-state index contributed by atoms with van der Waals surface area (Å²) in [4.78, 5) is 34.2. The molecule has 0 radical (unpaired) electrons. The van der Waals surface area contributed by atoms with Gasteiger partial charge >= 0.3 is 5.97 Å². The van der Waals surface area contributed by atoms with Crippen molar-refractivity contribution in [1.29, 1.82) is 0 Å². The molecular weight excluding hydrogens is 464 g/mol. The molecule has 11 nitrogen and oxygen atoms in total. The molecule has 0 spiro atoms. The molecule has 2 unspecified atom stereocenters. The minimum absolute atomic E-state index is 0.108. The van der Waals surface area contributed by atoms with Gasteiger partial charge in [0.1, 0.15) is 0 Å². The van der Waals surface area contributed by atoms with Gasteiger partial charge in [-0.3, -0.25) is 4.79 Å². The third kappa shape index (κ3) is 5.03. The molecule has 3 heterocycles. The van der Waals surface area contributed by atoms with Crippen molar-refractivity contribution in [3.05, 3.63) is 10.6 Å². The van der Waals surface area contributed by atoms with E-state index in [2.05, 4.69) is 36.1 Å². The Kier molecular flexibility index (Phi) is 7.58. The highest BCUT2D eigenvalue weighted by atomic mass is 32.2. The largest absolute Gasteiger partial charge is 0.463 e. The molecule has 1 aliphatic carbocycles. The van der Waals surface area contributed by atoms with Gasteiger partial charge in [-0.15, -0.1) is 22.0 Å². The van der Waals surface area contributed by atoms with Gasteiger partial charge in [-0.25, -0.2) is 9.20 Å². The van der Waals surface area contributed by atoms with Gasteiger partial charge in [0.05, 0.1) is 23.0 Å². The van der Waals surface area contributed by atoms with E-state index in [1.54, 1.807) is 23.1 Å². The summed E-state index contributed by atoms with van der Waals surface area (Å²) in [7, 11) is 0. The highest BCUT2D eigenvalue weighted by Crippen LogP contribution is 2.49. The smallest absolute Gasteiger partial charge is 0.336 e. The van der Waals surface area contributed by atoms with Gasteiger partial charge in [-0.1, -0.05) is 18.2 Å². The van der Waals surface area contributed by atoms with Crippen LogP contribution in [0, 0.1) is 5.92 Å². The molecule has 0 saturated heterocycles. The Bertz CT molecular complexity index is 1070. The van der Waals surface area contributed by atoms with Crippen LogP contribution in [0.4, 0.5) is 11.9 Å². The molecule has 2 aliphatic rings. The third-order valence-corrected chi connectivity index (χ3v) is 7.69. The number of amides is 1. The summed E-state index contributed by atoms with van der Waals surface area (Å²) in [6, 6.07) is 0. The van der Waals surface area contributed by atoms with Crippen LogP contribution in [-0.2, 0) is 14.3 Å². The van der Waals surface area contributed by atoms with Crippen LogP contribution in [0.2, 0.25) is 0 Å². The zero-order valence-corrected chi connectivity index (χ0v) is 20.5. The van der Waals surface area contributed by atoms with Crippen LogP contribution in [0.15, 0.2) is 15.8 Å². The maximum absolute atomic E-state index is 12.8. The summed E-state index contributed by atoms with van der Waals surface area (Å²) in [5, 5.41) is 19.0. The number of anilines is 2. The number of esters is 1. The van der Waals surface area contributed by atoms with Crippen molar-refractivity contribution in [3.63, 3.8) is 0 Å². The lowest BCUT2D eigenvalue weighted by Gasteiger charge is -2.12. The van der Waals surface area contributed by atoms with Crippen molar-refractivity contribution < 1.29 is 14.3 Å². The van der Waals surface area contributed by atoms with E-state index >= 15 is 0 Å². The Balaban J connectivity index is 1.48. The summed E-state index contributed by atoms with van der Waals surface area (Å²) in [5.41, 5.74) is 0.620. The summed E-state index contributed by atoms with van der Waals surface area (Å²) < 4.78 is 6.96. The molecule has 3 N–H and O–H groups in total. The average Bonchev–Trinajstić information content (AvgIpc) is 3.47. The van der Waals surface area contributed by atoms with Crippen LogP contribution in [-0.4, -0.2) is 67.1 Å². The number of aromatic nitrogens is 5. The zero-order chi connectivity index (χ0) is 23.4. The van der Waals surface area contributed by atoms with E-state index in [1.807, 2.05) is 13.8 Å². The van der Waals surface area contributed by atoms with Gasteiger partial charge in [-0.05, 0) is 33.6 Å². The average molecular weight is 493 g/mol. The number of nitrogens with zero attached hydrogens (tertiary/aromatic N) is 5. The molecular formula is C20H28N8O3S2. The fourth-order valence-corrected chi connectivity index (χ4v) is 6.31. The number of carbonyl (C=O) groups is 2. The van der Waals surface area contributed by atoms with E-state index in [9.17, 15) is 9.59 Å². The molecule has 1 amide bonds. The molecule has 0 aromatic carbocycles. The molecule has 4 rings (SSSR count). The van der Waals surface area contributed by atoms with Gasteiger partial charge in [0.15, 0.2) is 5.16 Å². The van der Waals surface area contributed by atoms with Crippen LogP contribution in [0.25, 0.3) is 5.78 Å². The minimum Gasteiger partial charge on any atom is -0.463 e. The van der Waals surface area contributed by atoms with Crippen molar-refractivity contribution >= 4 is 53.1 Å². The van der Waals surface area contributed by atoms with Gasteiger partial charge < -0.3 is 20.7 Å². The fraction of sp³-hybridized carbons (Fsp3) is 0.600. The first kappa shape index (κ1) is 23.6. The number of nitrogens with one attached hydrogen (secondary N) is 3. The number of hydrogen-bond acceptors (Lipinski definition) is 11. The highest BCUT2D eigenvalue weighted by molar-refractivity contribution is 8.04. The number of rotatable bonds is 10. The summed E-state index contributed by atoms with van der Waals surface area (Å²) in [5.74, 6) is 1.14. The molecule has 2 aromatic rings. The Labute approximate surface area is 200 Å². The van der Waals surface area contributed by atoms with Crippen molar-refractivity contribution in [2.45, 2.75) is 50.4 Å².